The lowest BCUT2D eigenvalue weighted by atomic mass is 10.2. The van der Waals surface area contributed by atoms with Gasteiger partial charge in [-0.1, -0.05) is 24.0 Å². The van der Waals surface area contributed by atoms with Crippen molar-refractivity contribution in [2.75, 3.05) is 20.3 Å². The topological polar surface area (TPSA) is 72.7 Å². The lowest BCUT2D eigenvalue weighted by Crippen LogP contribution is -2.31. The molecule has 0 aliphatic carbocycles. The minimum atomic E-state index is -0.464. The van der Waals surface area contributed by atoms with Crippen LogP contribution in [0.5, 0.6) is 0 Å². The fraction of sp³-hybridized carbons (Fsp3) is 0.231. The highest BCUT2D eigenvalue weighted by atomic mass is 32.2. The Labute approximate surface area is 130 Å². The molecule has 1 fully saturated rings. The van der Waals surface area contributed by atoms with E-state index in [1.165, 1.54) is 28.8 Å². The van der Waals surface area contributed by atoms with E-state index in [1.54, 1.807) is 25.3 Å². The number of methoxy groups -OCH3 is 1. The number of rotatable bonds is 5. The van der Waals surface area contributed by atoms with Crippen LogP contribution in [0.25, 0.3) is 6.08 Å². The second-order valence-corrected chi connectivity index (χ2v) is 5.85. The van der Waals surface area contributed by atoms with Gasteiger partial charge in [-0.25, -0.2) is 0 Å². The molecule has 0 atom stereocenters. The number of amides is 1. The van der Waals surface area contributed by atoms with Crippen LogP contribution in [0.1, 0.15) is 5.56 Å². The van der Waals surface area contributed by atoms with Crippen molar-refractivity contribution < 1.29 is 14.5 Å². The average molecular weight is 324 g/mol. The minimum Gasteiger partial charge on any atom is -0.383 e. The molecule has 1 aliphatic rings. The number of thioether (sulfide) groups is 1. The smallest absolute Gasteiger partial charge is 0.269 e. The number of hydrogen-bond donors (Lipinski definition) is 0. The van der Waals surface area contributed by atoms with Gasteiger partial charge in [-0.2, -0.15) is 0 Å². The zero-order valence-corrected chi connectivity index (χ0v) is 12.8. The largest absolute Gasteiger partial charge is 0.383 e. The van der Waals surface area contributed by atoms with E-state index >= 15 is 0 Å². The van der Waals surface area contributed by atoms with Crippen LogP contribution >= 0.6 is 24.0 Å². The number of thiocarbonyl (C=S) groups is 1. The molecule has 8 heteroatoms. The Morgan fingerprint density at radius 1 is 1.43 bits per heavy atom. The van der Waals surface area contributed by atoms with Gasteiger partial charge in [0, 0.05) is 19.2 Å². The molecule has 0 bridgehead atoms. The van der Waals surface area contributed by atoms with Crippen LogP contribution in [0.15, 0.2) is 29.2 Å². The van der Waals surface area contributed by atoms with E-state index in [9.17, 15) is 14.9 Å². The van der Waals surface area contributed by atoms with Crippen LogP contribution < -0.4 is 0 Å². The molecule has 1 saturated heterocycles. The summed E-state index contributed by atoms with van der Waals surface area (Å²) in [6.45, 7) is 0.829. The summed E-state index contributed by atoms with van der Waals surface area (Å²) < 4.78 is 5.43. The van der Waals surface area contributed by atoms with E-state index < -0.39 is 4.92 Å². The molecule has 1 aliphatic heterocycles. The van der Waals surface area contributed by atoms with Crippen LogP contribution in [0, 0.1) is 10.1 Å². The summed E-state index contributed by atoms with van der Waals surface area (Å²) in [6.07, 6.45) is 1.68. The first-order valence-corrected chi connectivity index (χ1v) is 7.24. The van der Waals surface area contributed by atoms with Gasteiger partial charge < -0.3 is 4.74 Å². The Bertz CT molecular complexity index is 613. The molecule has 1 heterocycles. The maximum absolute atomic E-state index is 12.2. The highest BCUT2D eigenvalue weighted by Gasteiger charge is 2.31. The van der Waals surface area contributed by atoms with E-state index in [-0.39, 0.29) is 11.6 Å². The van der Waals surface area contributed by atoms with Crippen molar-refractivity contribution in [2.45, 2.75) is 0 Å². The van der Waals surface area contributed by atoms with Crippen LogP contribution in [0.3, 0.4) is 0 Å². The zero-order chi connectivity index (χ0) is 15.4. The third kappa shape index (κ3) is 3.66. The van der Waals surface area contributed by atoms with Crippen LogP contribution in [-0.4, -0.2) is 40.3 Å². The predicted molar refractivity (Wildman–Crippen MR) is 84.9 cm³/mol. The molecule has 1 aromatic rings. The second-order valence-electron chi connectivity index (χ2n) is 4.17. The van der Waals surface area contributed by atoms with Gasteiger partial charge in [0.25, 0.3) is 11.6 Å². The number of nitro benzene ring substituents is 1. The number of nitrogens with zero attached hydrogens (tertiary/aromatic N) is 2. The van der Waals surface area contributed by atoms with Crippen molar-refractivity contribution in [3.8, 4) is 0 Å². The number of nitro groups is 1. The van der Waals surface area contributed by atoms with E-state index in [1.807, 2.05) is 0 Å². The van der Waals surface area contributed by atoms with E-state index in [2.05, 4.69) is 0 Å². The summed E-state index contributed by atoms with van der Waals surface area (Å²) in [7, 11) is 1.56. The summed E-state index contributed by atoms with van der Waals surface area (Å²) in [6, 6.07) is 5.99. The van der Waals surface area contributed by atoms with Gasteiger partial charge >= 0.3 is 0 Å². The lowest BCUT2D eigenvalue weighted by molar-refractivity contribution is -0.384. The SMILES string of the molecule is COCCN1C(=O)/C(=C/c2ccc([N+](=O)[O-])cc2)SC1=S. The van der Waals surface area contributed by atoms with E-state index in [0.29, 0.717) is 27.9 Å². The molecular formula is C13H12N2O4S2. The second kappa shape index (κ2) is 6.79. The molecule has 1 aromatic carbocycles. The first-order valence-electron chi connectivity index (χ1n) is 6.01. The number of non-ortho nitro benzene ring substituents is 1. The fourth-order valence-electron chi connectivity index (χ4n) is 1.72. The third-order valence-corrected chi connectivity index (χ3v) is 4.17. The first kappa shape index (κ1) is 15.6. The molecule has 0 unspecified atom stereocenters. The van der Waals surface area contributed by atoms with Crippen molar-refractivity contribution in [3.05, 3.63) is 44.8 Å². The number of hydrogen-bond acceptors (Lipinski definition) is 6. The molecule has 0 N–H and O–H groups in total. The van der Waals surface area contributed by atoms with Crippen molar-refractivity contribution >= 4 is 46.0 Å². The van der Waals surface area contributed by atoms with Gasteiger partial charge in [-0.3, -0.25) is 19.8 Å². The molecule has 21 heavy (non-hydrogen) atoms. The monoisotopic (exact) mass is 324 g/mol. The number of carbonyl (C=O) groups is 1. The Balaban J connectivity index is 2.16. The van der Waals surface area contributed by atoms with Gasteiger partial charge in [-0.15, -0.1) is 0 Å². The molecule has 1 amide bonds. The average Bonchev–Trinajstić information content (AvgIpc) is 2.72. The van der Waals surface area contributed by atoms with Crippen LogP contribution in [0.4, 0.5) is 5.69 Å². The first-order chi connectivity index (χ1) is 10.0. The Kier molecular flexibility index (Phi) is 5.05. The highest BCUT2D eigenvalue weighted by molar-refractivity contribution is 8.26. The van der Waals surface area contributed by atoms with Crippen molar-refractivity contribution in [1.29, 1.82) is 0 Å². The standard InChI is InChI=1S/C13H12N2O4S2/c1-19-7-6-14-12(16)11(21-13(14)20)8-9-2-4-10(5-3-9)15(17)18/h2-5,8H,6-7H2,1H3/b11-8-. The van der Waals surface area contributed by atoms with Crippen molar-refractivity contribution in [2.24, 2.45) is 0 Å². The van der Waals surface area contributed by atoms with Crippen LogP contribution in [-0.2, 0) is 9.53 Å². The summed E-state index contributed by atoms with van der Waals surface area (Å²) >= 11 is 6.38. The highest BCUT2D eigenvalue weighted by Crippen LogP contribution is 2.32. The Morgan fingerprint density at radius 2 is 2.10 bits per heavy atom. The normalized spacial score (nSPS) is 16.8. The van der Waals surface area contributed by atoms with Gasteiger partial charge in [0.2, 0.25) is 0 Å². The molecule has 0 aromatic heterocycles. The molecule has 6 nitrogen and oxygen atoms in total. The zero-order valence-electron chi connectivity index (χ0n) is 11.1. The lowest BCUT2D eigenvalue weighted by Gasteiger charge is -2.12. The number of ether oxygens (including phenoxy) is 1. The van der Waals surface area contributed by atoms with E-state index in [0.717, 1.165) is 0 Å². The number of benzene rings is 1. The van der Waals surface area contributed by atoms with Crippen LogP contribution in [0.2, 0.25) is 0 Å². The van der Waals surface area contributed by atoms with E-state index in [4.69, 9.17) is 17.0 Å². The third-order valence-electron chi connectivity index (χ3n) is 2.79. The molecule has 0 saturated carbocycles. The predicted octanol–water partition coefficient (Wildman–Crippen LogP) is 2.44. The van der Waals surface area contributed by atoms with Gasteiger partial charge in [-0.05, 0) is 23.8 Å². The van der Waals surface area contributed by atoms with Gasteiger partial charge in [0.05, 0.1) is 23.0 Å². The maximum Gasteiger partial charge on any atom is 0.269 e. The van der Waals surface area contributed by atoms with Crippen molar-refractivity contribution in [1.82, 2.24) is 4.90 Å². The van der Waals surface area contributed by atoms with Gasteiger partial charge in [0.15, 0.2) is 0 Å². The Morgan fingerprint density at radius 3 is 2.67 bits per heavy atom. The maximum atomic E-state index is 12.2. The molecule has 2 rings (SSSR count). The summed E-state index contributed by atoms with van der Waals surface area (Å²) in [4.78, 5) is 24.3. The minimum absolute atomic E-state index is 0.0137. The summed E-state index contributed by atoms with van der Waals surface area (Å²) in [5.74, 6) is -0.166. The molecule has 110 valence electrons. The molecule has 0 radical (unpaired) electrons. The number of carbonyl (C=O) groups excluding carboxylic acids is 1. The molecule has 0 spiro atoms. The fourth-order valence-corrected chi connectivity index (χ4v) is 3.03. The summed E-state index contributed by atoms with van der Waals surface area (Å²) in [5.41, 5.74) is 0.729. The van der Waals surface area contributed by atoms with Gasteiger partial charge in [0.1, 0.15) is 4.32 Å². The quantitative estimate of drug-likeness (QED) is 0.358. The summed E-state index contributed by atoms with van der Waals surface area (Å²) in [5, 5.41) is 10.6. The van der Waals surface area contributed by atoms with Crippen molar-refractivity contribution in [3.63, 3.8) is 0 Å². The Hall–Kier alpha value is -1.77. The molecular weight excluding hydrogens is 312 g/mol.